The molecule has 0 fully saturated rings. The second-order valence-electron chi connectivity index (χ2n) is 4.46. The molecule has 0 aliphatic carbocycles. The van der Waals surface area contributed by atoms with Gasteiger partial charge in [0.05, 0.1) is 14.2 Å². The van der Waals surface area contributed by atoms with Crippen LogP contribution >= 0.6 is 0 Å². The fourth-order valence-electron chi connectivity index (χ4n) is 1.66. The van der Waals surface area contributed by atoms with Crippen molar-refractivity contribution >= 4 is 0 Å². The van der Waals surface area contributed by atoms with Gasteiger partial charge in [-0.2, -0.15) is 0 Å². The molecule has 1 rings (SSSR count). The van der Waals surface area contributed by atoms with E-state index >= 15 is 0 Å². The summed E-state index contributed by atoms with van der Waals surface area (Å²) in [4.78, 5) is 0. The number of rotatable bonds is 5. The Labute approximate surface area is 97.8 Å². The monoisotopic (exact) mass is 223 g/mol. The van der Waals surface area contributed by atoms with E-state index in [2.05, 4.69) is 25.2 Å². The maximum Gasteiger partial charge on any atom is 0.163 e. The fraction of sp³-hybridized carbons (Fsp3) is 0.538. The molecule has 0 aromatic heterocycles. The number of hydrogen-bond acceptors (Lipinski definition) is 3. The first-order chi connectivity index (χ1) is 7.54. The third-order valence-corrected chi connectivity index (χ3v) is 2.79. The Hall–Kier alpha value is -1.22. The molecule has 0 radical (unpaired) electrons. The molecule has 0 unspecified atom stereocenters. The van der Waals surface area contributed by atoms with E-state index in [-0.39, 0.29) is 5.54 Å². The van der Waals surface area contributed by atoms with Crippen LogP contribution < -0.4 is 14.8 Å². The molecule has 1 N–H and O–H groups in total. The average Bonchev–Trinajstić information content (AvgIpc) is 2.28. The van der Waals surface area contributed by atoms with Crippen molar-refractivity contribution in [2.75, 3.05) is 21.3 Å². The van der Waals surface area contributed by atoms with Gasteiger partial charge in [-0.05, 0) is 38.9 Å². The summed E-state index contributed by atoms with van der Waals surface area (Å²) in [6.07, 6.45) is 0.893. The van der Waals surface area contributed by atoms with Crippen molar-refractivity contribution in [2.24, 2.45) is 0 Å². The van der Waals surface area contributed by atoms with Gasteiger partial charge >= 0.3 is 0 Å². The van der Waals surface area contributed by atoms with E-state index < -0.39 is 0 Å². The fourth-order valence-corrected chi connectivity index (χ4v) is 1.66. The Kier molecular flexibility index (Phi) is 4.19. The van der Waals surface area contributed by atoms with Gasteiger partial charge in [-0.15, -0.1) is 0 Å². The number of ether oxygens (including phenoxy) is 2. The van der Waals surface area contributed by atoms with Crippen LogP contribution in [-0.4, -0.2) is 26.8 Å². The smallest absolute Gasteiger partial charge is 0.163 e. The second-order valence-corrected chi connectivity index (χ2v) is 4.46. The highest BCUT2D eigenvalue weighted by atomic mass is 16.5. The van der Waals surface area contributed by atoms with Crippen molar-refractivity contribution in [1.82, 2.24) is 5.32 Å². The summed E-state index contributed by atoms with van der Waals surface area (Å²) in [5.41, 5.74) is 1.20. The lowest BCUT2D eigenvalue weighted by Crippen LogP contribution is -2.38. The first kappa shape index (κ1) is 12.8. The van der Waals surface area contributed by atoms with Crippen LogP contribution in [0, 0.1) is 0 Å². The normalized spacial score (nSPS) is 11.3. The number of para-hydroxylation sites is 1. The van der Waals surface area contributed by atoms with Crippen LogP contribution in [0.4, 0.5) is 0 Å². The summed E-state index contributed by atoms with van der Waals surface area (Å²) in [6, 6.07) is 5.97. The molecule has 0 spiro atoms. The zero-order valence-corrected chi connectivity index (χ0v) is 10.8. The maximum atomic E-state index is 5.40. The van der Waals surface area contributed by atoms with Gasteiger partial charge in [0.2, 0.25) is 0 Å². The van der Waals surface area contributed by atoms with Gasteiger partial charge in [-0.25, -0.2) is 0 Å². The Bertz CT molecular complexity index is 348. The quantitative estimate of drug-likeness (QED) is 0.830. The number of hydrogen-bond donors (Lipinski definition) is 1. The lowest BCUT2D eigenvalue weighted by Gasteiger charge is -2.25. The Morgan fingerprint density at radius 3 is 2.38 bits per heavy atom. The molecule has 3 heteroatoms. The molecule has 0 saturated carbocycles. The van der Waals surface area contributed by atoms with Crippen molar-refractivity contribution in [3.05, 3.63) is 23.8 Å². The highest BCUT2D eigenvalue weighted by Crippen LogP contribution is 2.32. The maximum absolute atomic E-state index is 5.40. The molecule has 0 heterocycles. The van der Waals surface area contributed by atoms with Crippen LogP contribution in [0.1, 0.15) is 19.4 Å². The minimum Gasteiger partial charge on any atom is -0.493 e. The molecular formula is C13H21NO2. The molecular weight excluding hydrogens is 202 g/mol. The second kappa shape index (κ2) is 5.21. The van der Waals surface area contributed by atoms with Gasteiger partial charge in [0.15, 0.2) is 11.5 Å². The van der Waals surface area contributed by atoms with Crippen LogP contribution in [0.2, 0.25) is 0 Å². The number of likely N-dealkylation sites (N-methyl/N-ethyl adjacent to an activating group) is 1. The molecule has 0 amide bonds. The molecule has 90 valence electrons. The summed E-state index contributed by atoms with van der Waals surface area (Å²) >= 11 is 0. The van der Waals surface area contributed by atoms with Crippen molar-refractivity contribution in [2.45, 2.75) is 25.8 Å². The molecule has 0 aliphatic rings. The van der Waals surface area contributed by atoms with Gasteiger partial charge in [0.25, 0.3) is 0 Å². The van der Waals surface area contributed by atoms with E-state index in [9.17, 15) is 0 Å². The number of benzene rings is 1. The molecule has 0 atom stereocenters. The Balaban J connectivity index is 3.04. The minimum absolute atomic E-state index is 0.0413. The largest absolute Gasteiger partial charge is 0.493 e. The summed E-state index contributed by atoms with van der Waals surface area (Å²) in [5, 5.41) is 3.28. The lowest BCUT2D eigenvalue weighted by molar-refractivity contribution is 0.344. The molecule has 1 aromatic rings. The van der Waals surface area contributed by atoms with Crippen molar-refractivity contribution < 1.29 is 9.47 Å². The third kappa shape index (κ3) is 2.89. The zero-order valence-electron chi connectivity index (χ0n) is 10.8. The van der Waals surface area contributed by atoms with Crippen molar-refractivity contribution in [3.8, 4) is 11.5 Å². The van der Waals surface area contributed by atoms with E-state index in [1.165, 1.54) is 0 Å². The summed E-state index contributed by atoms with van der Waals surface area (Å²) in [5.74, 6) is 1.61. The van der Waals surface area contributed by atoms with Crippen LogP contribution in [0.25, 0.3) is 0 Å². The average molecular weight is 223 g/mol. The van der Waals surface area contributed by atoms with Gasteiger partial charge in [-0.3, -0.25) is 0 Å². The Morgan fingerprint density at radius 1 is 1.19 bits per heavy atom. The number of nitrogens with one attached hydrogen (secondary N) is 1. The van der Waals surface area contributed by atoms with Crippen LogP contribution in [0.3, 0.4) is 0 Å². The predicted molar refractivity (Wildman–Crippen MR) is 66.4 cm³/mol. The first-order valence-corrected chi connectivity index (χ1v) is 5.43. The highest BCUT2D eigenvalue weighted by molar-refractivity contribution is 5.47. The van der Waals surface area contributed by atoms with E-state index in [0.29, 0.717) is 0 Å². The standard InChI is InChI=1S/C13H21NO2/c1-13(2,14-3)9-10-7-6-8-11(15-4)12(10)16-5/h6-8,14H,9H2,1-5H3. The van der Waals surface area contributed by atoms with E-state index in [0.717, 1.165) is 23.5 Å². The Morgan fingerprint density at radius 2 is 1.88 bits per heavy atom. The van der Waals surface area contributed by atoms with E-state index in [4.69, 9.17) is 9.47 Å². The molecule has 0 saturated heterocycles. The molecule has 0 aliphatic heterocycles. The molecule has 3 nitrogen and oxygen atoms in total. The van der Waals surface area contributed by atoms with Crippen LogP contribution in [0.15, 0.2) is 18.2 Å². The van der Waals surface area contributed by atoms with Crippen LogP contribution in [0.5, 0.6) is 11.5 Å². The summed E-state index contributed by atoms with van der Waals surface area (Å²) in [6.45, 7) is 4.32. The summed E-state index contributed by atoms with van der Waals surface area (Å²) in [7, 11) is 5.30. The van der Waals surface area contributed by atoms with Crippen molar-refractivity contribution in [3.63, 3.8) is 0 Å². The molecule has 16 heavy (non-hydrogen) atoms. The van der Waals surface area contributed by atoms with Gasteiger partial charge < -0.3 is 14.8 Å². The van der Waals surface area contributed by atoms with Gasteiger partial charge in [0, 0.05) is 5.54 Å². The van der Waals surface area contributed by atoms with E-state index in [1.54, 1.807) is 14.2 Å². The highest BCUT2D eigenvalue weighted by Gasteiger charge is 2.19. The number of methoxy groups -OCH3 is 2. The topological polar surface area (TPSA) is 30.5 Å². The first-order valence-electron chi connectivity index (χ1n) is 5.43. The zero-order chi connectivity index (χ0) is 12.2. The lowest BCUT2D eigenvalue weighted by atomic mass is 9.94. The van der Waals surface area contributed by atoms with E-state index in [1.807, 2.05) is 19.2 Å². The predicted octanol–water partition coefficient (Wildman–Crippen LogP) is 2.24. The van der Waals surface area contributed by atoms with Crippen molar-refractivity contribution in [1.29, 1.82) is 0 Å². The molecule has 0 bridgehead atoms. The summed E-state index contributed by atoms with van der Waals surface area (Å²) < 4.78 is 10.7. The SMILES string of the molecule is CNC(C)(C)Cc1cccc(OC)c1OC. The third-order valence-electron chi connectivity index (χ3n) is 2.79. The van der Waals surface area contributed by atoms with Crippen LogP contribution in [-0.2, 0) is 6.42 Å². The van der Waals surface area contributed by atoms with Gasteiger partial charge in [0.1, 0.15) is 0 Å². The minimum atomic E-state index is 0.0413. The molecule has 1 aromatic carbocycles. The van der Waals surface area contributed by atoms with Gasteiger partial charge in [-0.1, -0.05) is 12.1 Å².